The number of rotatable bonds is 7. The fraction of sp³-hybridized carbons (Fsp3) is 0.520. The summed E-state index contributed by atoms with van der Waals surface area (Å²) >= 11 is 0. The quantitative estimate of drug-likeness (QED) is 0.736. The molecule has 1 heterocycles. The second-order valence-electron chi connectivity index (χ2n) is 8.31. The van der Waals surface area contributed by atoms with Crippen molar-refractivity contribution >= 4 is 5.91 Å². The maximum atomic E-state index is 12.9. The van der Waals surface area contributed by atoms with E-state index in [1.54, 1.807) is 12.4 Å². The smallest absolute Gasteiger partial charge is 0.225 e. The van der Waals surface area contributed by atoms with Crippen LogP contribution in [0.25, 0.3) is 0 Å². The van der Waals surface area contributed by atoms with Crippen molar-refractivity contribution in [1.29, 1.82) is 0 Å². The molecular weight excluding hydrogens is 376 g/mol. The number of amides is 1. The number of aliphatic hydroxyl groups is 1. The van der Waals surface area contributed by atoms with Crippen molar-refractivity contribution in [2.24, 2.45) is 11.8 Å². The molecule has 30 heavy (non-hydrogen) atoms. The first-order valence-electron chi connectivity index (χ1n) is 11.0. The first-order valence-corrected chi connectivity index (χ1v) is 11.0. The van der Waals surface area contributed by atoms with E-state index in [0.717, 1.165) is 40.8 Å². The molecule has 5 nitrogen and oxygen atoms in total. The highest BCUT2D eigenvalue weighted by Crippen LogP contribution is 2.44. The number of hydrogen-bond donors (Lipinski definition) is 1. The lowest BCUT2D eigenvalue weighted by atomic mass is 9.72. The van der Waals surface area contributed by atoms with Gasteiger partial charge in [0, 0.05) is 42.9 Å². The van der Waals surface area contributed by atoms with Crippen LogP contribution in [0.5, 0.6) is 5.75 Å². The van der Waals surface area contributed by atoms with Gasteiger partial charge in [-0.1, -0.05) is 13.0 Å². The molecule has 1 N–H and O–H groups in total. The molecule has 162 valence electrons. The average molecular weight is 411 g/mol. The zero-order chi connectivity index (χ0) is 21.8. The first-order chi connectivity index (χ1) is 14.4. The molecule has 0 aliphatic heterocycles. The number of aliphatic hydroxyl groups excluding tert-OH is 1. The minimum absolute atomic E-state index is 0.0859. The lowest BCUT2D eigenvalue weighted by Crippen LogP contribution is -2.40. The molecule has 0 saturated carbocycles. The molecule has 0 radical (unpaired) electrons. The molecule has 3 rings (SSSR count). The Morgan fingerprint density at radius 2 is 2.07 bits per heavy atom. The van der Waals surface area contributed by atoms with Gasteiger partial charge in [0.05, 0.1) is 6.10 Å². The molecule has 0 bridgehead atoms. The van der Waals surface area contributed by atoms with Gasteiger partial charge >= 0.3 is 0 Å². The van der Waals surface area contributed by atoms with Crippen molar-refractivity contribution in [2.75, 3.05) is 13.1 Å². The largest absolute Gasteiger partial charge is 0.489 e. The molecule has 1 amide bonds. The summed E-state index contributed by atoms with van der Waals surface area (Å²) in [5.74, 6) is 0.619. The first kappa shape index (κ1) is 22.3. The van der Waals surface area contributed by atoms with Gasteiger partial charge in [-0.25, -0.2) is 0 Å². The van der Waals surface area contributed by atoms with Crippen LogP contribution < -0.4 is 4.74 Å². The van der Waals surface area contributed by atoms with Crippen molar-refractivity contribution in [3.63, 3.8) is 0 Å². The highest BCUT2D eigenvalue weighted by Gasteiger charge is 2.38. The van der Waals surface area contributed by atoms with Crippen molar-refractivity contribution in [3.8, 4) is 5.75 Å². The number of pyridine rings is 1. The lowest BCUT2D eigenvalue weighted by molar-refractivity contribution is -0.138. The Hall–Kier alpha value is -2.40. The van der Waals surface area contributed by atoms with Gasteiger partial charge in [0.15, 0.2) is 0 Å². The average Bonchev–Trinajstić information content (AvgIpc) is 2.76. The second-order valence-corrected chi connectivity index (χ2v) is 8.31. The van der Waals surface area contributed by atoms with E-state index in [2.05, 4.69) is 18.0 Å². The second kappa shape index (κ2) is 9.61. The normalized spacial score (nSPS) is 19.1. The lowest BCUT2D eigenvalue weighted by Gasteiger charge is -2.37. The molecule has 2 aromatic rings. The van der Waals surface area contributed by atoms with Crippen LogP contribution in [0, 0.1) is 25.7 Å². The fourth-order valence-electron chi connectivity index (χ4n) is 4.70. The summed E-state index contributed by atoms with van der Waals surface area (Å²) < 4.78 is 6.11. The number of nitrogens with zero attached hydrogens (tertiary/aromatic N) is 2. The van der Waals surface area contributed by atoms with Crippen LogP contribution in [0.4, 0.5) is 0 Å². The van der Waals surface area contributed by atoms with Gasteiger partial charge in [0.1, 0.15) is 12.4 Å². The van der Waals surface area contributed by atoms with Crippen molar-refractivity contribution < 1.29 is 14.6 Å². The molecule has 1 aromatic carbocycles. The Balaban J connectivity index is 1.87. The van der Waals surface area contributed by atoms with Crippen LogP contribution in [0.1, 0.15) is 61.1 Å². The Labute approximate surface area is 180 Å². The molecular formula is C25H34N2O3. The minimum Gasteiger partial charge on any atom is -0.489 e. The van der Waals surface area contributed by atoms with Crippen LogP contribution in [0.3, 0.4) is 0 Å². The summed E-state index contributed by atoms with van der Waals surface area (Å²) in [5, 5.41) is 11.3. The van der Waals surface area contributed by atoms with Gasteiger partial charge < -0.3 is 14.7 Å². The van der Waals surface area contributed by atoms with Gasteiger partial charge in [-0.2, -0.15) is 0 Å². The number of carbonyl (C=O) groups is 1. The van der Waals surface area contributed by atoms with Gasteiger partial charge in [0.25, 0.3) is 0 Å². The molecule has 3 unspecified atom stereocenters. The molecule has 1 aliphatic carbocycles. The highest BCUT2D eigenvalue weighted by molar-refractivity contribution is 5.79. The summed E-state index contributed by atoms with van der Waals surface area (Å²) in [6, 6.07) is 5.95. The molecule has 1 aliphatic rings. The third-order valence-electron chi connectivity index (χ3n) is 6.58. The van der Waals surface area contributed by atoms with Gasteiger partial charge in [-0.3, -0.25) is 9.78 Å². The summed E-state index contributed by atoms with van der Waals surface area (Å²) in [4.78, 5) is 18.9. The third-order valence-corrected chi connectivity index (χ3v) is 6.58. The Morgan fingerprint density at radius 3 is 2.70 bits per heavy atom. The van der Waals surface area contributed by atoms with Crippen molar-refractivity contribution in [3.05, 3.63) is 58.4 Å². The number of carbonyl (C=O) groups excluding carboxylic acids is 1. The standard InChI is InChI=1S/C25H34N2O3/c1-6-27(7-2)25(29)17(4)21-11-10-20-16(3)13-22(18(5)23(20)24(21)28)30-15-19-9-8-12-26-14-19/h8-9,12-14,17,21,24,28H,6-7,10-11,15H2,1-5H3. The molecule has 0 saturated heterocycles. The Kier molecular flexibility index (Phi) is 7.14. The van der Waals surface area contributed by atoms with E-state index in [1.165, 1.54) is 5.56 Å². The number of aryl methyl sites for hydroxylation is 1. The fourth-order valence-corrected chi connectivity index (χ4v) is 4.70. The Morgan fingerprint density at radius 1 is 1.33 bits per heavy atom. The van der Waals surface area contributed by atoms with E-state index >= 15 is 0 Å². The van der Waals surface area contributed by atoms with Crippen molar-refractivity contribution in [2.45, 2.75) is 60.2 Å². The monoisotopic (exact) mass is 410 g/mol. The number of ether oxygens (including phenoxy) is 1. The molecule has 5 heteroatoms. The summed E-state index contributed by atoms with van der Waals surface area (Å²) in [6.45, 7) is 11.9. The van der Waals surface area contributed by atoms with E-state index in [1.807, 2.05) is 44.7 Å². The summed E-state index contributed by atoms with van der Waals surface area (Å²) in [5.41, 5.74) is 5.26. The summed E-state index contributed by atoms with van der Waals surface area (Å²) in [6.07, 6.45) is 4.57. The number of fused-ring (bicyclic) bond motifs is 1. The maximum absolute atomic E-state index is 12.9. The Bertz CT molecular complexity index is 878. The predicted octanol–water partition coefficient (Wildman–Crippen LogP) is 4.38. The molecule has 0 spiro atoms. The van der Waals surface area contributed by atoms with E-state index in [0.29, 0.717) is 19.7 Å². The van der Waals surface area contributed by atoms with Gasteiger partial charge in [-0.05, 0) is 74.9 Å². The highest BCUT2D eigenvalue weighted by atomic mass is 16.5. The third kappa shape index (κ3) is 4.36. The van der Waals surface area contributed by atoms with Gasteiger partial charge in [-0.15, -0.1) is 0 Å². The van der Waals surface area contributed by atoms with Crippen LogP contribution >= 0.6 is 0 Å². The number of aromatic nitrogens is 1. The van der Waals surface area contributed by atoms with Crippen LogP contribution in [-0.2, 0) is 17.8 Å². The van der Waals surface area contributed by atoms with E-state index in [4.69, 9.17) is 4.74 Å². The van der Waals surface area contributed by atoms with E-state index < -0.39 is 6.10 Å². The van der Waals surface area contributed by atoms with Crippen LogP contribution in [-0.4, -0.2) is 34.0 Å². The zero-order valence-electron chi connectivity index (χ0n) is 18.8. The molecule has 0 fully saturated rings. The van der Waals surface area contributed by atoms with Crippen LogP contribution in [0.2, 0.25) is 0 Å². The van der Waals surface area contributed by atoms with Gasteiger partial charge in [0.2, 0.25) is 5.91 Å². The topological polar surface area (TPSA) is 62.7 Å². The zero-order valence-corrected chi connectivity index (χ0v) is 18.8. The SMILES string of the molecule is CCN(CC)C(=O)C(C)C1CCc2c(C)cc(OCc3cccnc3)c(C)c2C1O. The molecule has 3 atom stereocenters. The van der Waals surface area contributed by atoms with Crippen LogP contribution in [0.15, 0.2) is 30.6 Å². The maximum Gasteiger partial charge on any atom is 0.225 e. The number of benzene rings is 1. The minimum atomic E-state index is -0.663. The van der Waals surface area contributed by atoms with E-state index in [-0.39, 0.29) is 17.7 Å². The van der Waals surface area contributed by atoms with E-state index in [9.17, 15) is 9.90 Å². The predicted molar refractivity (Wildman–Crippen MR) is 118 cm³/mol. The van der Waals surface area contributed by atoms with Crippen molar-refractivity contribution in [1.82, 2.24) is 9.88 Å². The summed E-state index contributed by atoms with van der Waals surface area (Å²) in [7, 11) is 0. The number of hydrogen-bond acceptors (Lipinski definition) is 4. The molecule has 1 aromatic heterocycles.